The van der Waals surface area contributed by atoms with Gasteiger partial charge in [0.1, 0.15) is 6.29 Å². The van der Waals surface area contributed by atoms with Crippen LogP contribution in [0.5, 0.6) is 0 Å². The maximum absolute atomic E-state index is 11.7. The van der Waals surface area contributed by atoms with E-state index in [2.05, 4.69) is 26.0 Å². The fourth-order valence-corrected chi connectivity index (χ4v) is 8.34. The summed E-state index contributed by atoms with van der Waals surface area (Å²) in [4.78, 5) is 11.0. The number of allylic oxidation sites excluding steroid dienone is 4. The fraction of sp³-hybridized carbons (Fsp3) is 0.792. The number of methoxy groups -OCH3 is 1. The van der Waals surface area contributed by atoms with Crippen molar-refractivity contribution in [1.82, 2.24) is 0 Å². The van der Waals surface area contributed by atoms with E-state index in [1.165, 1.54) is 24.8 Å². The molecule has 3 fully saturated rings. The van der Waals surface area contributed by atoms with E-state index >= 15 is 0 Å². The third-order valence-corrected chi connectivity index (χ3v) is 9.79. The van der Waals surface area contributed by atoms with Crippen LogP contribution in [-0.4, -0.2) is 24.1 Å². The van der Waals surface area contributed by atoms with Crippen LogP contribution in [0.15, 0.2) is 23.5 Å². The summed E-state index contributed by atoms with van der Waals surface area (Å²) in [6.07, 6.45) is 13.9. The first-order valence-electron chi connectivity index (χ1n) is 11.0. The molecule has 5 rings (SSSR count). The summed E-state index contributed by atoms with van der Waals surface area (Å²) in [5.74, 6) is 4.29. The molecule has 3 nitrogen and oxygen atoms in total. The van der Waals surface area contributed by atoms with Crippen LogP contribution in [0.1, 0.15) is 65.2 Å². The summed E-state index contributed by atoms with van der Waals surface area (Å²) in [5.41, 5.74) is 1.14. The normalized spacial score (nSPS) is 52.5. The van der Waals surface area contributed by atoms with Crippen LogP contribution in [0.4, 0.5) is 0 Å². The predicted octanol–water partition coefficient (Wildman–Crippen LogP) is 4.66. The molecule has 1 N–H and O–H groups in total. The molecule has 0 saturated heterocycles. The summed E-state index contributed by atoms with van der Waals surface area (Å²) in [6.45, 7) is 4.84. The van der Waals surface area contributed by atoms with Crippen LogP contribution in [0, 0.1) is 40.4 Å². The zero-order valence-corrected chi connectivity index (χ0v) is 17.0. The lowest BCUT2D eigenvalue weighted by atomic mass is 9.46. The molecule has 0 bridgehead atoms. The minimum absolute atomic E-state index is 0.00530. The highest BCUT2D eigenvalue weighted by Crippen LogP contribution is 2.77. The smallest absolute Gasteiger partial charge is 0.120 e. The van der Waals surface area contributed by atoms with Gasteiger partial charge in [-0.3, -0.25) is 0 Å². The number of carbonyl (C=O) groups excluding carboxylic acids is 1. The number of hydrogen-bond donors (Lipinski definition) is 1. The zero-order chi connectivity index (χ0) is 19.0. The van der Waals surface area contributed by atoms with Gasteiger partial charge >= 0.3 is 0 Å². The molecule has 0 spiro atoms. The molecule has 0 aromatic heterocycles. The van der Waals surface area contributed by atoms with Gasteiger partial charge < -0.3 is 14.6 Å². The first-order valence-corrected chi connectivity index (χ1v) is 11.0. The van der Waals surface area contributed by atoms with Gasteiger partial charge in [0.15, 0.2) is 0 Å². The lowest BCUT2D eigenvalue weighted by molar-refractivity contribution is -0.148. The number of hydrogen-bond acceptors (Lipinski definition) is 3. The SMILES string of the molecule is COC1=CC2=CC[C@H]3[C@@H]4[C@@H]5C[C@@H]5[C@@](O)(CCC=O)[C@@]4(C)CC[C@@H]3[C@@]2(C)CC1. The second kappa shape index (κ2) is 5.72. The standard InChI is InChI=1S/C24H34O3/c1-22-10-7-16(27-3)13-15(22)5-6-17-19(22)8-11-23(2)21(17)18-14-20(18)24(23,26)9-4-12-25/h5,12-13,17-21,26H,4,6-11,14H2,1-3H3/t17-,18-,19+,20+,21-,22+,23+,24+/m1/s1. The van der Waals surface area contributed by atoms with Crippen LogP contribution in [0.25, 0.3) is 0 Å². The molecule has 0 aliphatic heterocycles. The number of aldehydes is 1. The molecule has 5 aliphatic rings. The van der Waals surface area contributed by atoms with Crippen LogP contribution in [0.3, 0.4) is 0 Å². The van der Waals surface area contributed by atoms with E-state index in [-0.39, 0.29) is 10.8 Å². The molecule has 0 aromatic carbocycles. The van der Waals surface area contributed by atoms with Crippen molar-refractivity contribution in [2.24, 2.45) is 40.4 Å². The van der Waals surface area contributed by atoms with Crippen molar-refractivity contribution >= 4 is 6.29 Å². The van der Waals surface area contributed by atoms with Gasteiger partial charge in [0, 0.05) is 12.8 Å². The topological polar surface area (TPSA) is 46.5 Å². The van der Waals surface area contributed by atoms with E-state index in [0.29, 0.717) is 36.5 Å². The first kappa shape index (κ1) is 18.0. The average Bonchev–Trinajstić information content (AvgIpc) is 3.42. The van der Waals surface area contributed by atoms with Gasteiger partial charge in [-0.2, -0.15) is 0 Å². The number of aliphatic hydroxyl groups is 1. The Morgan fingerprint density at radius 1 is 1.26 bits per heavy atom. The van der Waals surface area contributed by atoms with Crippen LogP contribution in [-0.2, 0) is 9.53 Å². The highest BCUT2D eigenvalue weighted by Gasteiger charge is 2.75. The van der Waals surface area contributed by atoms with Crippen molar-refractivity contribution in [3.05, 3.63) is 23.5 Å². The maximum atomic E-state index is 11.7. The van der Waals surface area contributed by atoms with Crippen molar-refractivity contribution < 1.29 is 14.6 Å². The molecule has 0 unspecified atom stereocenters. The molecule has 3 saturated carbocycles. The Labute approximate surface area is 163 Å². The minimum atomic E-state index is -0.616. The van der Waals surface area contributed by atoms with E-state index in [9.17, 15) is 9.90 Å². The quantitative estimate of drug-likeness (QED) is 0.733. The Morgan fingerprint density at radius 2 is 2.07 bits per heavy atom. The second-order valence-corrected chi connectivity index (χ2v) is 10.5. The second-order valence-electron chi connectivity index (χ2n) is 10.5. The van der Waals surface area contributed by atoms with Crippen LogP contribution < -0.4 is 0 Å². The fourth-order valence-electron chi connectivity index (χ4n) is 8.34. The zero-order valence-electron chi connectivity index (χ0n) is 17.0. The number of rotatable bonds is 4. The molecule has 0 radical (unpaired) electrons. The minimum Gasteiger partial charge on any atom is -0.501 e. The molecular weight excluding hydrogens is 336 g/mol. The van der Waals surface area contributed by atoms with Crippen LogP contribution >= 0.6 is 0 Å². The Hall–Kier alpha value is -1.09. The summed E-state index contributed by atoms with van der Waals surface area (Å²) in [5, 5.41) is 11.7. The molecule has 0 aromatic rings. The summed E-state index contributed by atoms with van der Waals surface area (Å²) in [7, 11) is 1.79. The molecule has 5 aliphatic carbocycles. The Balaban J connectivity index is 1.50. The third-order valence-electron chi connectivity index (χ3n) is 9.79. The summed E-state index contributed by atoms with van der Waals surface area (Å²) < 4.78 is 5.55. The van der Waals surface area contributed by atoms with E-state index in [1.807, 2.05) is 0 Å². The molecule has 27 heavy (non-hydrogen) atoms. The van der Waals surface area contributed by atoms with Crippen molar-refractivity contribution in [1.29, 1.82) is 0 Å². The van der Waals surface area contributed by atoms with Gasteiger partial charge in [-0.05, 0) is 90.6 Å². The van der Waals surface area contributed by atoms with Gasteiger partial charge in [0.05, 0.1) is 18.5 Å². The molecule has 148 valence electrons. The molecule has 3 heteroatoms. The van der Waals surface area contributed by atoms with E-state index in [4.69, 9.17) is 4.74 Å². The van der Waals surface area contributed by atoms with Crippen LogP contribution in [0.2, 0.25) is 0 Å². The van der Waals surface area contributed by atoms with Gasteiger partial charge in [-0.15, -0.1) is 0 Å². The molecular formula is C24H34O3. The van der Waals surface area contributed by atoms with Crippen molar-refractivity contribution in [3.63, 3.8) is 0 Å². The van der Waals surface area contributed by atoms with Crippen molar-refractivity contribution in [2.45, 2.75) is 70.8 Å². The van der Waals surface area contributed by atoms with E-state index in [1.54, 1.807) is 7.11 Å². The maximum Gasteiger partial charge on any atom is 0.120 e. The average molecular weight is 371 g/mol. The first-order chi connectivity index (χ1) is 12.9. The van der Waals surface area contributed by atoms with Crippen molar-refractivity contribution in [3.8, 4) is 0 Å². The van der Waals surface area contributed by atoms with Gasteiger partial charge in [-0.25, -0.2) is 0 Å². The van der Waals surface area contributed by atoms with E-state index < -0.39 is 5.60 Å². The summed E-state index contributed by atoms with van der Waals surface area (Å²) >= 11 is 0. The Kier molecular flexibility index (Phi) is 3.81. The number of carbonyl (C=O) groups is 1. The molecule has 8 atom stereocenters. The predicted molar refractivity (Wildman–Crippen MR) is 105 cm³/mol. The van der Waals surface area contributed by atoms with Gasteiger partial charge in [-0.1, -0.05) is 19.9 Å². The molecule has 0 amide bonds. The Bertz CT molecular complexity index is 723. The largest absolute Gasteiger partial charge is 0.501 e. The van der Waals surface area contributed by atoms with E-state index in [0.717, 1.165) is 37.2 Å². The lowest BCUT2D eigenvalue weighted by Crippen LogP contribution is -2.56. The molecule has 0 heterocycles. The monoisotopic (exact) mass is 370 g/mol. The Morgan fingerprint density at radius 3 is 2.81 bits per heavy atom. The number of ether oxygens (including phenoxy) is 1. The highest BCUT2D eigenvalue weighted by atomic mass is 16.5. The van der Waals surface area contributed by atoms with Gasteiger partial charge in [0.25, 0.3) is 0 Å². The number of fused-ring (bicyclic) bond motifs is 7. The lowest BCUT2D eigenvalue weighted by Gasteiger charge is -2.59. The van der Waals surface area contributed by atoms with Gasteiger partial charge in [0.2, 0.25) is 0 Å². The van der Waals surface area contributed by atoms with Crippen molar-refractivity contribution in [2.75, 3.05) is 7.11 Å². The highest BCUT2D eigenvalue weighted by molar-refractivity contribution is 5.49. The summed E-state index contributed by atoms with van der Waals surface area (Å²) in [6, 6.07) is 0. The third kappa shape index (κ3) is 2.15.